The zero-order chi connectivity index (χ0) is 30.1. The number of hydrogen-bond donors (Lipinski definition) is 0. The molecule has 9 heteroatoms. The molecule has 1 aromatic heterocycles. The van der Waals surface area contributed by atoms with Crippen LogP contribution in [0.25, 0.3) is 16.8 Å². The minimum Gasteiger partial charge on any atom is -0.487 e. The van der Waals surface area contributed by atoms with E-state index in [4.69, 9.17) is 14.5 Å². The Balaban J connectivity index is 1.38. The molecule has 1 aliphatic heterocycles. The van der Waals surface area contributed by atoms with E-state index in [1.54, 1.807) is 4.57 Å². The van der Waals surface area contributed by atoms with Crippen molar-refractivity contribution in [1.29, 1.82) is 0 Å². The lowest BCUT2D eigenvalue weighted by molar-refractivity contribution is -0.136. The van der Waals surface area contributed by atoms with Gasteiger partial charge in [0.15, 0.2) is 4.80 Å². The molecule has 0 amide bonds. The largest absolute Gasteiger partial charge is 0.487 e. The van der Waals surface area contributed by atoms with Crippen molar-refractivity contribution >= 4 is 72.7 Å². The summed E-state index contributed by atoms with van der Waals surface area (Å²) >= 11 is 7.27. The number of fused-ring (bicyclic) bond motifs is 2. The number of carbonyl (C=O) groups excluding carboxylic acids is 1. The highest BCUT2D eigenvalue weighted by atomic mass is 127. The average Bonchev–Trinajstić information content (AvgIpc) is 3.33. The first-order valence-corrected chi connectivity index (χ1v) is 16.3. The Bertz CT molecular complexity index is 2060. The lowest BCUT2D eigenvalue weighted by Crippen LogP contribution is -2.40. The fourth-order valence-corrected chi connectivity index (χ4v) is 8.12. The van der Waals surface area contributed by atoms with Gasteiger partial charge in [0, 0.05) is 0 Å². The second kappa shape index (κ2) is 12.6. The topological polar surface area (TPSA) is 69.9 Å². The Morgan fingerprint density at radius 1 is 1.07 bits per heavy atom. The standard InChI is InChI=1S/C34H26BrIN2O4S/c1-3-27-29(33(40)41-2)30(22-11-5-4-6-12-22)38-32(39)28(43-34(38)37-27)18-20-16-25(35)31(26(36)17-20)42-19-23-14-9-13-21-10-7-8-15-24(21)23/h4-18,30H,3,19H2,1-2H3/b28-18-/t30-/m0/s1. The van der Waals surface area contributed by atoms with E-state index in [-0.39, 0.29) is 5.56 Å². The molecule has 6 nitrogen and oxygen atoms in total. The van der Waals surface area contributed by atoms with E-state index in [9.17, 15) is 9.59 Å². The number of methoxy groups -OCH3 is 1. The van der Waals surface area contributed by atoms with Crippen molar-refractivity contribution in [3.05, 3.63) is 141 Å². The number of rotatable bonds is 7. The highest BCUT2D eigenvalue weighted by molar-refractivity contribution is 14.1. The van der Waals surface area contributed by atoms with Crippen LogP contribution in [0.4, 0.5) is 0 Å². The van der Waals surface area contributed by atoms with Gasteiger partial charge in [0.2, 0.25) is 0 Å². The molecule has 1 aliphatic rings. The predicted molar refractivity (Wildman–Crippen MR) is 182 cm³/mol. The fourth-order valence-electron chi connectivity index (χ4n) is 5.34. The van der Waals surface area contributed by atoms with Crippen molar-refractivity contribution in [3.63, 3.8) is 0 Å². The van der Waals surface area contributed by atoms with Gasteiger partial charge in [-0.2, -0.15) is 0 Å². The van der Waals surface area contributed by atoms with Crippen molar-refractivity contribution in [2.24, 2.45) is 4.99 Å². The summed E-state index contributed by atoms with van der Waals surface area (Å²) < 4.78 is 15.3. The molecular weight excluding hydrogens is 739 g/mol. The molecular formula is C34H26BrIN2O4S. The molecule has 0 saturated carbocycles. The number of benzene rings is 4. The summed E-state index contributed by atoms with van der Waals surface area (Å²) in [6, 6.07) is 27.3. The van der Waals surface area contributed by atoms with Gasteiger partial charge in [0.05, 0.1) is 37.0 Å². The summed E-state index contributed by atoms with van der Waals surface area (Å²) in [6.45, 7) is 2.37. The summed E-state index contributed by atoms with van der Waals surface area (Å²) in [5.41, 5.74) is 3.58. The molecule has 216 valence electrons. The molecule has 0 saturated heterocycles. The molecule has 5 aromatic rings. The average molecular weight is 765 g/mol. The minimum absolute atomic E-state index is 0.212. The number of aromatic nitrogens is 1. The molecule has 0 spiro atoms. The van der Waals surface area contributed by atoms with Crippen molar-refractivity contribution in [3.8, 4) is 5.75 Å². The molecule has 2 heterocycles. The first-order chi connectivity index (χ1) is 20.9. The third-order valence-electron chi connectivity index (χ3n) is 7.34. The molecule has 0 fully saturated rings. The minimum atomic E-state index is -0.626. The number of nitrogens with zero attached hydrogens (tertiary/aromatic N) is 2. The zero-order valence-corrected chi connectivity index (χ0v) is 27.9. The number of halogens is 2. The second-order valence-corrected chi connectivity index (χ2v) is 13.0. The van der Waals surface area contributed by atoms with Crippen LogP contribution in [-0.4, -0.2) is 17.6 Å². The summed E-state index contributed by atoms with van der Waals surface area (Å²) in [6.07, 6.45) is 2.39. The molecule has 4 aromatic carbocycles. The zero-order valence-electron chi connectivity index (χ0n) is 23.3. The predicted octanol–water partition coefficient (Wildman–Crippen LogP) is 6.90. The van der Waals surface area contributed by atoms with Crippen LogP contribution in [0.5, 0.6) is 5.75 Å². The van der Waals surface area contributed by atoms with E-state index in [1.807, 2.05) is 73.7 Å². The number of ether oxygens (including phenoxy) is 2. The summed E-state index contributed by atoms with van der Waals surface area (Å²) in [4.78, 5) is 32.2. The summed E-state index contributed by atoms with van der Waals surface area (Å²) in [5.74, 6) is 0.257. The van der Waals surface area contributed by atoms with Crippen molar-refractivity contribution in [2.75, 3.05) is 7.11 Å². The number of hydrogen-bond acceptors (Lipinski definition) is 6. The number of esters is 1. The normalized spacial score (nSPS) is 14.9. The molecule has 1 atom stereocenters. The maximum absolute atomic E-state index is 13.9. The number of allylic oxidation sites excluding steroid dienone is 1. The van der Waals surface area contributed by atoms with Crippen LogP contribution in [-0.2, 0) is 16.1 Å². The van der Waals surface area contributed by atoms with Gasteiger partial charge in [0.1, 0.15) is 12.4 Å². The maximum Gasteiger partial charge on any atom is 0.338 e. The van der Waals surface area contributed by atoms with Gasteiger partial charge >= 0.3 is 5.97 Å². The molecule has 0 radical (unpaired) electrons. The van der Waals surface area contributed by atoms with Gasteiger partial charge < -0.3 is 9.47 Å². The monoisotopic (exact) mass is 764 g/mol. The van der Waals surface area contributed by atoms with E-state index >= 15 is 0 Å². The Hall–Kier alpha value is -3.54. The second-order valence-electron chi connectivity index (χ2n) is 9.94. The van der Waals surface area contributed by atoms with Gasteiger partial charge in [-0.1, -0.05) is 91.1 Å². The van der Waals surface area contributed by atoms with Crippen LogP contribution in [0.15, 0.2) is 110 Å². The van der Waals surface area contributed by atoms with Gasteiger partial charge in [-0.25, -0.2) is 9.79 Å². The Labute approximate surface area is 274 Å². The third-order valence-corrected chi connectivity index (χ3v) is 9.71. The molecule has 0 N–H and O–H groups in total. The lowest BCUT2D eigenvalue weighted by atomic mass is 9.95. The molecule has 0 bridgehead atoms. The van der Waals surface area contributed by atoms with Gasteiger partial charge in [0.25, 0.3) is 5.56 Å². The van der Waals surface area contributed by atoms with Gasteiger partial charge in [-0.3, -0.25) is 9.36 Å². The first-order valence-electron chi connectivity index (χ1n) is 13.7. The van der Waals surface area contributed by atoms with Crippen LogP contribution in [0, 0.1) is 3.57 Å². The van der Waals surface area contributed by atoms with E-state index < -0.39 is 12.0 Å². The van der Waals surface area contributed by atoms with Gasteiger partial charge in [-0.05, 0) is 90.6 Å². The van der Waals surface area contributed by atoms with Crippen LogP contribution < -0.4 is 19.6 Å². The molecule has 0 aliphatic carbocycles. The van der Waals surface area contributed by atoms with Crippen LogP contribution in [0.1, 0.15) is 36.1 Å². The van der Waals surface area contributed by atoms with E-state index in [1.165, 1.54) is 29.2 Å². The van der Waals surface area contributed by atoms with Gasteiger partial charge in [-0.15, -0.1) is 0 Å². The quantitative estimate of drug-likeness (QED) is 0.134. The SMILES string of the molecule is CCC1=C(C(=O)OC)[C@H](c2ccccc2)n2c(s/c(=C\c3cc(Br)c(OCc4cccc5ccccc45)c(I)c3)c2=O)=N1. The maximum atomic E-state index is 13.9. The smallest absolute Gasteiger partial charge is 0.338 e. The molecule has 6 rings (SSSR count). The number of carbonyl (C=O) groups is 1. The third kappa shape index (κ3) is 5.73. The van der Waals surface area contributed by atoms with Crippen LogP contribution >= 0.6 is 49.9 Å². The Kier molecular flexibility index (Phi) is 8.65. The Morgan fingerprint density at radius 2 is 1.81 bits per heavy atom. The van der Waals surface area contributed by atoms with Crippen LogP contribution in [0.2, 0.25) is 0 Å². The molecule has 43 heavy (non-hydrogen) atoms. The van der Waals surface area contributed by atoms with E-state index in [0.29, 0.717) is 33.6 Å². The lowest BCUT2D eigenvalue weighted by Gasteiger charge is -2.25. The highest BCUT2D eigenvalue weighted by Crippen LogP contribution is 2.34. The first kappa shape index (κ1) is 29.5. The fraction of sp³-hybridized carbons (Fsp3) is 0.147. The van der Waals surface area contributed by atoms with Crippen LogP contribution in [0.3, 0.4) is 0 Å². The van der Waals surface area contributed by atoms with Crippen molar-refractivity contribution in [1.82, 2.24) is 4.57 Å². The van der Waals surface area contributed by atoms with Crippen molar-refractivity contribution in [2.45, 2.75) is 26.0 Å². The highest BCUT2D eigenvalue weighted by Gasteiger charge is 2.33. The Morgan fingerprint density at radius 3 is 2.56 bits per heavy atom. The summed E-state index contributed by atoms with van der Waals surface area (Å²) in [5, 5.41) is 2.34. The molecule has 0 unspecified atom stereocenters. The van der Waals surface area contributed by atoms with E-state index in [2.05, 4.69) is 62.8 Å². The van der Waals surface area contributed by atoms with E-state index in [0.717, 1.165) is 30.5 Å². The number of thiazole rings is 1. The summed E-state index contributed by atoms with van der Waals surface area (Å²) in [7, 11) is 1.35. The van der Waals surface area contributed by atoms with Crippen molar-refractivity contribution < 1.29 is 14.3 Å².